The van der Waals surface area contributed by atoms with Gasteiger partial charge < -0.3 is 19.7 Å². The van der Waals surface area contributed by atoms with Gasteiger partial charge in [0.25, 0.3) is 5.91 Å². The molecule has 1 atom stereocenters. The number of nitrogens with one attached hydrogen (secondary N) is 2. The summed E-state index contributed by atoms with van der Waals surface area (Å²) in [5, 5.41) is 16.6. The van der Waals surface area contributed by atoms with Crippen molar-refractivity contribution in [2.75, 3.05) is 7.11 Å². The van der Waals surface area contributed by atoms with Gasteiger partial charge in [0.15, 0.2) is 5.88 Å². The lowest BCUT2D eigenvalue weighted by Crippen LogP contribution is -2.49. The van der Waals surface area contributed by atoms with E-state index < -0.39 is 23.3 Å². The SMILES string of the molecule is COc1ccc2cn(C[C@@]3(C#Cc4ccc(C)c(F)c4)NC(=O)NC3=O)c(O)c2c1. The molecule has 8 heteroatoms. The van der Waals surface area contributed by atoms with Gasteiger partial charge in [-0.3, -0.25) is 10.1 Å². The molecular weight excluding hydrogens is 389 g/mol. The standard InChI is InChI=1S/C22H18FN3O4/c1-13-3-4-14(9-18(13)23)7-8-22(20(28)24-21(29)25-22)12-26-11-15-5-6-16(30-2)10-17(15)19(26)27/h3-6,9-11,27H,12H2,1-2H3,(H2,24,25,28,29)/t22-/m1/s1. The van der Waals surface area contributed by atoms with Gasteiger partial charge in [0.1, 0.15) is 11.6 Å². The van der Waals surface area contributed by atoms with E-state index >= 15 is 0 Å². The molecule has 1 saturated heterocycles. The van der Waals surface area contributed by atoms with Crippen molar-refractivity contribution in [1.29, 1.82) is 0 Å². The molecule has 0 bridgehead atoms. The van der Waals surface area contributed by atoms with Crippen LogP contribution in [-0.2, 0) is 11.3 Å². The predicted octanol–water partition coefficient (Wildman–Crippen LogP) is 2.43. The number of hydrogen-bond donors (Lipinski definition) is 3. The lowest BCUT2D eigenvalue weighted by Gasteiger charge is -2.20. The van der Waals surface area contributed by atoms with E-state index in [0.29, 0.717) is 22.3 Å². The maximum Gasteiger partial charge on any atom is 0.323 e. The second kappa shape index (κ2) is 7.12. The summed E-state index contributed by atoms with van der Waals surface area (Å²) in [6.07, 6.45) is 1.65. The number of rotatable bonds is 3. The van der Waals surface area contributed by atoms with Crippen LogP contribution in [0.2, 0.25) is 0 Å². The van der Waals surface area contributed by atoms with Crippen molar-refractivity contribution in [2.24, 2.45) is 0 Å². The maximum absolute atomic E-state index is 13.8. The highest BCUT2D eigenvalue weighted by Crippen LogP contribution is 2.32. The van der Waals surface area contributed by atoms with E-state index in [-0.39, 0.29) is 12.4 Å². The first-order valence-corrected chi connectivity index (χ1v) is 9.10. The number of benzene rings is 2. The van der Waals surface area contributed by atoms with Crippen LogP contribution in [0, 0.1) is 24.6 Å². The predicted molar refractivity (Wildman–Crippen MR) is 108 cm³/mol. The molecule has 152 valence electrons. The number of imide groups is 1. The first kappa shape index (κ1) is 19.3. The minimum absolute atomic E-state index is 0.0968. The minimum atomic E-state index is -1.63. The third kappa shape index (κ3) is 3.31. The van der Waals surface area contributed by atoms with Crippen molar-refractivity contribution < 1.29 is 23.8 Å². The molecular formula is C22H18FN3O4. The van der Waals surface area contributed by atoms with Crippen molar-refractivity contribution in [3.8, 4) is 23.5 Å². The fraction of sp³-hybridized carbons (Fsp3) is 0.182. The Morgan fingerprint density at radius 1 is 1.23 bits per heavy atom. The summed E-state index contributed by atoms with van der Waals surface area (Å²) in [4.78, 5) is 24.4. The third-order valence-corrected chi connectivity index (χ3v) is 5.01. The van der Waals surface area contributed by atoms with Crippen LogP contribution in [0.3, 0.4) is 0 Å². The van der Waals surface area contributed by atoms with Crippen LogP contribution in [-0.4, -0.2) is 34.3 Å². The molecule has 7 nitrogen and oxygen atoms in total. The van der Waals surface area contributed by atoms with Crippen molar-refractivity contribution in [3.05, 3.63) is 59.5 Å². The molecule has 3 aromatic rings. The van der Waals surface area contributed by atoms with Gasteiger partial charge in [0, 0.05) is 22.5 Å². The van der Waals surface area contributed by atoms with Crippen molar-refractivity contribution >= 4 is 22.7 Å². The summed E-state index contributed by atoms with van der Waals surface area (Å²) in [5.74, 6) is 4.92. The third-order valence-electron chi connectivity index (χ3n) is 5.01. The number of aromatic nitrogens is 1. The minimum Gasteiger partial charge on any atom is -0.497 e. The number of hydrogen-bond acceptors (Lipinski definition) is 4. The van der Waals surface area contributed by atoms with Crippen LogP contribution >= 0.6 is 0 Å². The lowest BCUT2D eigenvalue weighted by atomic mass is 9.99. The molecule has 2 aromatic carbocycles. The Hall–Kier alpha value is -3.99. The number of halogens is 1. The Bertz CT molecular complexity index is 1250. The molecule has 0 radical (unpaired) electrons. The second-order valence-corrected chi connectivity index (χ2v) is 7.06. The number of aromatic hydroxyl groups is 1. The van der Waals surface area contributed by atoms with Crippen LogP contribution in [0.5, 0.6) is 11.6 Å². The molecule has 0 spiro atoms. The summed E-state index contributed by atoms with van der Waals surface area (Å²) >= 11 is 0. The monoisotopic (exact) mass is 407 g/mol. The van der Waals surface area contributed by atoms with E-state index in [9.17, 15) is 19.1 Å². The van der Waals surface area contributed by atoms with Gasteiger partial charge in [-0.15, -0.1) is 0 Å². The number of nitrogens with zero attached hydrogens (tertiary/aromatic N) is 1. The van der Waals surface area contributed by atoms with E-state index in [0.717, 1.165) is 5.39 Å². The van der Waals surface area contributed by atoms with Gasteiger partial charge in [-0.05, 0) is 42.8 Å². The van der Waals surface area contributed by atoms with Crippen molar-refractivity contribution in [3.63, 3.8) is 0 Å². The largest absolute Gasteiger partial charge is 0.497 e. The van der Waals surface area contributed by atoms with E-state index in [1.807, 2.05) is 0 Å². The van der Waals surface area contributed by atoms with Crippen LogP contribution in [0.4, 0.5) is 9.18 Å². The number of ether oxygens (including phenoxy) is 1. The molecule has 1 aliphatic heterocycles. The quantitative estimate of drug-likeness (QED) is 0.459. The molecule has 4 rings (SSSR count). The molecule has 0 aliphatic carbocycles. The van der Waals surface area contributed by atoms with E-state index in [1.54, 1.807) is 43.5 Å². The Kier molecular flexibility index (Phi) is 4.59. The van der Waals surface area contributed by atoms with Crippen LogP contribution < -0.4 is 15.4 Å². The van der Waals surface area contributed by atoms with Gasteiger partial charge in [-0.25, -0.2) is 9.18 Å². The van der Waals surface area contributed by atoms with Gasteiger partial charge in [0.2, 0.25) is 5.54 Å². The lowest BCUT2D eigenvalue weighted by molar-refractivity contribution is -0.122. The Morgan fingerprint density at radius 2 is 2.03 bits per heavy atom. The van der Waals surface area contributed by atoms with E-state index in [4.69, 9.17) is 4.74 Å². The normalized spacial score (nSPS) is 18.0. The van der Waals surface area contributed by atoms with Crippen LogP contribution in [0.1, 0.15) is 11.1 Å². The summed E-state index contributed by atoms with van der Waals surface area (Å²) in [6.45, 7) is 1.49. The van der Waals surface area contributed by atoms with Gasteiger partial charge in [0.05, 0.1) is 13.7 Å². The highest BCUT2D eigenvalue weighted by Gasteiger charge is 2.46. The highest BCUT2D eigenvalue weighted by atomic mass is 19.1. The number of aryl methyl sites for hydroxylation is 1. The molecule has 0 unspecified atom stereocenters. The Morgan fingerprint density at radius 3 is 2.70 bits per heavy atom. The van der Waals surface area contributed by atoms with Crippen LogP contribution in [0.15, 0.2) is 42.6 Å². The molecule has 1 aliphatic rings. The first-order chi connectivity index (χ1) is 14.3. The zero-order valence-electron chi connectivity index (χ0n) is 16.2. The molecule has 3 N–H and O–H groups in total. The summed E-state index contributed by atoms with van der Waals surface area (Å²) < 4.78 is 20.4. The maximum atomic E-state index is 13.8. The molecule has 2 heterocycles. The zero-order valence-corrected chi connectivity index (χ0v) is 16.2. The molecule has 30 heavy (non-hydrogen) atoms. The smallest absolute Gasteiger partial charge is 0.323 e. The molecule has 1 fully saturated rings. The highest BCUT2D eigenvalue weighted by molar-refractivity contribution is 6.09. The second-order valence-electron chi connectivity index (χ2n) is 7.06. The molecule has 0 saturated carbocycles. The van der Waals surface area contributed by atoms with Gasteiger partial charge in [-0.2, -0.15) is 0 Å². The number of carbonyl (C=O) groups excluding carboxylic acids is 2. The van der Waals surface area contributed by atoms with Gasteiger partial charge >= 0.3 is 6.03 Å². The van der Waals surface area contributed by atoms with Crippen molar-refractivity contribution in [1.82, 2.24) is 15.2 Å². The number of fused-ring (bicyclic) bond motifs is 1. The number of amides is 3. The van der Waals surface area contributed by atoms with Crippen LogP contribution in [0.25, 0.3) is 10.8 Å². The summed E-state index contributed by atoms with van der Waals surface area (Å²) in [6, 6.07) is 8.96. The Balaban J connectivity index is 1.76. The molecule has 3 amide bonds. The zero-order chi connectivity index (χ0) is 21.5. The average Bonchev–Trinajstić information content (AvgIpc) is 3.18. The van der Waals surface area contributed by atoms with Crippen molar-refractivity contribution in [2.45, 2.75) is 19.0 Å². The van der Waals surface area contributed by atoms with E-state index in [2.05, 4.69) is 22.5 Å². The first-order valence-electron chi connectivity index (χ1n) is 9.10. The molecule has 1 aromatic heterocycles. The fourth-order valence-electron chi connectivity index (χ4n) is 3.31. The Labute approximate surface area is 171 Å². The van der Waals surface area contributed by atoms with E-state index in [1.165, 1.54) is 17.7 Å². The number of carbonyl (C=O) groups is 2. The topological polar surface area (TPSA) is 92.6 Å². The van der Waals surface area contributed by atoms with Gasteiger partial charge in [-0.1, -0.05) is 17.9 Å². The summed E-state index contributed by atoms with van der Waals surface area (Å²) in [5.41, 5.74) is -0.797. The summed E-state index contributed by atoms with van der Waals surface area (Å²) in [7, 11) is 1.52. The number of methoxy groups -OCH3 is 1. The average molecular weight is 407 g/mol. The number of urea groups is 1. The fourth-order valence-corrected chi connectivity index (χ4v) is 3.31.